The van der Waals surface area contributed by atoms with Crippen molar-refractivity contribution in [3.05, 3.63) is 34.4 Å². The lowest BCUT2D eigenvalue weighted by atomic mass is 10.0. The van der Waals surface area contributed by atoms with E-state index in [2.05, 4.69) is 0 Å². The van der Waals surface area contributed by atoms with Crippen LogP contribution in [-0.2, 0) is 0 Å². The Hall–Kier alpha value is -1.39. The first-order chi connectivity index (χ1) is 7.91. The molecule has 94 valence electrons. The molecule has 1 N–H and O–H groups in total. The molecule has 0 bridgehead atoms. The van der Waals surface area contributed by atoms with Gasteiger partial charge in [0.05, 0.1) is 5.56 Å². The van der Waals surface area contributed by atoms with Gasteiger partial charge in [-0.25, -0.2) is 17.6 Å². The highest BCUT2D eigenvalue weighted by molar-refractivity contribution is 5.98. The molecule has 0 fully saturated rings. The molecular weight excluding hydrogens is 234 g/mol. The Morgan fingerprint density at radius 1 is 1.00 bits per heavy atom. The molecule has 0 atom stereocenters. The highest BCUT2D eigenvalue weighted by atomic mass is 19.2. The molecule has 5 heteroatoms. The summed E-state index contributed by atoms with van der Waals surface area (Å²) in [5, 5.41) is 7.47. The van der Waals surface area contributed by atoms with Crippen LogP contribution in [0.4, 0.5) is 17.6 Å². The molecule has 0 aliphatic rings. The van der Waals surface area contributed by atoms with Crippen LogP contribution in [0.5, 0.6) is 0 Å². The quantitative estimate of drug-likeness (QED) is 0.470. The summed E-state index contributed by atoms with van der Waals surface area (Å²) in [4.78, 5) is 0. The van der Waals surface area contributed by atoms with Crippen molar-refractivity contribution in [3.8, 4) is 0 Å². The summed E-state index contributed by atoms with van der Waals surface area (Å²) < 4.78 is 53.4. The molecule has 0 spiro atoms. The summed E-state index contributed by atoms with van der Waals surface area (Å²) in [6.07, 6.45) is 1.35. The van der Waals surface area contributed by atoms with Crippen molar-refractivity contribution in [1.82, 2.24) is 0 Å². The largest absolute Gasteiger partial charge is 0.304 e. The minimum Gasteiger partial charge on any atom is -0.304 e. The third-order valence-electron chi connectivity index (χ3n) is 2.56. The zero-order chi connectivity index (χ0) is 13.2. The number of nitrogens with one attached hydrogen (secondary N) is 1. The molecule has 0 saturated heterocycles. The molecule has 0 aliphatic heterocycles. The lowest BCUT2D eigenvalue weighted by Gasteiger charge is -2.10. The normalized spacial score (nSPS) is 10.7. The third kappa shape index (κ3) is 2.48. The average Bonchev–Trinajstić information content (AvgIpc) is 2.31. The topological polar surface area (TPSA) is 23.9 Å². The van der Waals surface area contributed by atoms with E-state index in [1.54, 1.807) is 0 Å². The Bertz CT molecular complexity index is 425. The van der Waals surface area contributed by atoms with Crippen LogP contribution in [0.3, 0.4) is 0 Å². The number of benzene rings is 1. The fourth-order valence-electron chi connectivity index (χ4n) is 1.48. The van der Waals surface area contributed by atoms with Crippen molar-refractivity contribution in [2.24, 2.45) is 0 Å². The Kier molecular flexibility index (Phi) is 4.26. The number of hydrogen-bond acceptors (Lipinski definition) is 1. The molecule has 1 rings (SSSR count). The fourth-order valence-corrected chi connectivity index (χ4v) is 1.48. The molecule has 0 heterocycles. The second-order valence-corrected chi connectivity index (χ2v) is 3.84. The van der Waals surface area contributed by atoms with Crippen LogP contribution in [0.2, 0.25) is 0 Å². The van der Waals surface area contributed by atoms with E-state index in [-0.39, 0.29) is 6.42 Å². The SMILES string of the molecule is CCCCC(=N)c1c(F)c(F)c(C)c(F)c1F. The molecule has 1 aromatic carbocycles. The van der Waals surface area contributed by atoms with E-state index in [9.17, 15) is 17.6 Å². The van der Waals surface area contributed by atoms with E-state index < -0.39 is 40.1 Å². The first-order valence-corrected chi connectivity index (χ1v) is 5.32. The van der Waals surface area contributed by atoms with Crippen LogP contribution in [0, 0.1) is 35.6 Å². The zero-order valence-corrected chi connectivity index (χ0v) is 9.63. The Morgan fingerprint density at radius 3 is 1.88 bits per heavy atom. The van der Waals surface area contributed by atoms with Gasteiger partial charge in [-0.2, -0.15) is 0 Å². The maximum Gasteiger partial charge on any atom is 0.171 e. The number of hydrogen-bond donors (Lipinski definition) is 1. The first-order valence-electron chi connectivity index (χ1n) is 5.32. The van der Waals surface area contributed by atoms with Gasteiger partial charge in [0.25, 0.3) is 0 Å². The first kappa shape index (κ1) is 13.7. The number of halogens is 4. The van der Waals surface area contributed by atoms with Crippen molar-refractivity contribution < 1.29 is 17.6 Å². The lowest BCUT2D eigenvalue weighted by Crippen LogP contribution is -2.12. The van der Waals surface area contributed by atoms with E-state index in [0.717, 1.165) is 13.3 Å². The number of rotatable bonds is 4. The highest BCUT2D eigenvalue weighted by Crippen LogP contribution is 2.24. The van der Waals surface area contributed by atoms with Crippen molar-refractivity contribution in [3.63, 3.8) is 0 Å². The average molecular weight is 247 g/mol. The van der Waals surface area contributed by atoms with E-state index in [1.165, 1.54) is 0 Å². The van der Waals surface area contributed by atoms with Gasteiger partial charge in [0.1, 0.15) is 0 Å². The van der Waals surface area contributed by atoms with Crippen molar-refractivity contribution in [1.29, 1.82) is 5.41 Å². The Morgan fingerprint density at radius 2 is 1.47 bits per heavy atom. The van der Waals surface area contributed by atoms with Crippen LogP contribution in [-0.4, -0.2) is 5.71 Å². The summed E-state index contributed by atoms with van der Waals surface area (Å²) in [5.41, 5.74) is -2.01. The van der Waals surface area contributed by atoms with Gasteiger partial charge in [-0.15, -0.1) is 0 Å². The van der Waals surface area contributed by atoms with E-state index >= 15 is 0 Å². The molecule has 1 aromatic rings. The predicted octanol–water partition coefficient (Wildman–Crippen LogP) is 4.11. The number of unbranched alkanes of at least 4 members (excludes halogenated alkanes) is 1. The van der Waals surface area contributed by atoms with Gasteiger partial charge < -0.3 is 5.41 Å². The molecule has 0 unspecified atom stereocenters. The summed E-state index contributed by atoms with van der Waals surface area (Å²) in [5.74, 6) is -5.83. The highest BCUT2D eigenvalue weighted by Gasteiger charge is 2.25. The monoisotopic (exact) mass is 247 g/mol. The van der Waals surface area contributed by atoms with E-state index in [0.29, 0.717) is 6.42 Å². The summed E-state index contributed by atoms with van der Waals surface area (Å²) in [7, 11) is 0. The second-order valence-electron chi connectivity index (χ2n) is 3.84. The fraction of sp³-hybridized carbons (Fsp3) is 0.417. The van der Waals surface area contributed by atoms with E-state index in [1.807, 2.05) is 6.92 Å². The standard InChI is InChI=1S/C12H13F4N/c1-3-4-5-7(17)8-11(15)9(13)6(2)10(14)12(8)16/h17H,3-5H2,1-2H3. The maximum atomic E-state index is 13.5. The minimum absolute atomic E-state index is 0.0896. The van der Waals surface area contributed by atoms with Gasteiger partial charge in [0, 0.05) is 11.3 Å². The molecule has 0 radical (unpaired) electrons. The Balaban J connectivity index is 3.29. The zero-order valence-electron chi connectivity index (χ0n) is 9.63. The van der Waals surface area contributed by atoms with Crippen molar-refractivity contribution in [2.45, 2.75) is 33.1 Å². The van der Waals surface area contributed by atoms with E-state index in [4.69, 9.17) is 5.41 Å². The second kappa shape index (κ2) is 5.29. The molecule has 17 heavy (non-hydrogen) atoms. The molecule has 0 saturated carbocycles. The minimum atomic E-state index is -1.48. The molecule has 0 aromatic heterocycles. The predicted molar refractivity (Wildman–Crippen MR) is 57.4 cm³/mol. The Labute approximate surface area is 97.0 Å². The van der Waals surface area contributed by atoms with Crippen LogP contribution >= 0.6 is 0 Å². The summed E-state index contributed by atoms with van der Waals surface area (Å²) >= 11 is 0. The van der Waals surface area contributed by atoms with Crippen molar-refractivity contribution in [2.75, 3.05) is 0 Å². The van der Waals surface area contributed by atoms with Crippen LogP contribution < -0.4 is 0 Å². The summed E-state index contributed by atoms with van der Waals surface area (Å²) in [6.45, 7) is 2.80. The van der Waals surface area contributed by atoms with Gasteiger partial charge in [-0.3, -0.25) is 0 Å². The maximum absolute atomic E-state index is 13.5. The molecular formula is C12H13F4N. The van der Waals surface area contributed by atoms with Crippen molar-refractivity contribution >= 4 is 5.71 Å². The van der Waals surface area contributed by atoms with Gasteiger partial charge in [-0.1, -0.05) is 13.3 Å². The van der Waals surface area contributed by atoms with Crippen LogP contribution in [0.1, 0.15) is 37.3 Å². The molecule has 0 amide bonds. The van der Waals surface area contributed by atoms with Gasteiger partial charge in [0.15, 0.2) is 23.3 Å². The third-order valence-corrected chi connectivity index (χ3v) is 2.56. The van der Waals surface area contributed by atoms with Gasteiger partial charge in [0.2, 0.25) is 0 Å². The summed E-state index contributed by atoms with van der Waals surface area (Å²) in [6, 6.07) is 0. The smallest absolute Gasteiger partial charge is 0.171 e. The van der Waals surface area contributed by atoms with Crippen LogP contribution in [0.25, 0.3) is 0 Å². The van der Waals surface area contributed by atoms with Gasteiger partial charge >= 0.3 is 0 Å². The lowest BCUT2D eigenvalue weighted by molar-refractivity contribution is 0.442. The van der Waals surface area contributed by atoms with Gasteiger partial charge in [-0.05, 0) is 19.8 Å². The molecule has 0 aliphatic carbocycles. The van der Waals surface area contributed by atoms with Crippen LogP contribution in [0.15, 0.2) is 0 Å². The molecule has 1 nitrogen and oxygen atoms in total.